The lowest BCUT2D eigenvalue weighted by molar-refractivity contribution is -0.123. The molecule has 0 spiro atoms. The van der Waals surface area contributed by atoms with Crippen LogP contribution < -0.4 is 10.2 Å². The molecule has 0 aliphatic rings. The molecule has 0 unspecified atom stereocenters. The van der Waals surface area contributed by atoms with Crippen molar-refractivity contribution in [1.29, 1.82) is 0 Å². The zero-order valence-electron chi connectivity index (χ0n) is 12.5. The topological polar surface area (TPSA) is 50.7 Å². The van der Waals surface area contributed by atoms with Crippen LogP contribution in [0, 0.1) is 13.8 Å². The maximum absolute atomic E-state index is 11.7. The van der Waals surface area contributed by atoms with Gasteiger partial charge >= 0.3 is 0 Å². The lowest BCUT2D eigenvalue weighted by Crippen LogP contribution is -2.24. The van der Waals surface area contributed by atoms with Crippen LogP contribution in [0.25, 0.3) is 0 Å². The van der Waals surface area contributed by atoms with E-state index in [9.17, 15) is 4.79 Å². The number of halogens is 1. The average molecular weight is 317 g/mol. The Hall–Kier alpha value is -2.33. The highest BCUT2D eigenvalue weighted by molar-refractivity contribution is 6.32. The van der Waals surface area contributed by atoms with E-state index in [-0.39, 0.29) is 12.5 Å². The van der Waals surface area contributed by atoms with Gasteiger partial charge in [-0.05, 0) is 42.7 Å². The van der Waals surface area contributed by atoms with Crippen molar-refractivity contribution in [2.75, 3.05) is 6.61 Å². The second-order valence-electron chi connectivity index (χ2n) is 4.86. The fraction of sp³-hybridized carbons (Fsp3) is 0.176. The van der Waals surface area contributed by atoms with Gasteiger partial charge in [-0.15, -0.1) is 0 Å². The summed E-state index contributed by atoms with van der Waals surface area (Å²) >= 11 is 6.09. The highest BCUT2D eigenvalue weighted by atomic mass is 35.5. The van der Waals surface area contributed by atoms with Crippen LogP contribution in [-0.4, -0.2) is 18.7 Å². The van der Waals surface area contributed by atoms with Crippen molar-refractivity contribution in [3.05, 3.63) is 64.2 Å². The number of amides is 1. The molecule has 1 N–H and O–H groups in total. The van der Waals surface area contributed by atoms with Gasteiger partial charge in [0, 0.05) is 5.02 Å². The number of rotatable bonds is 5. The normalized spacial score (nSPS) is 10.7. The molecule has 0 fully saturated rings. The Bertz CT molecular complexity index is 661. The maximum Gasteiger partial charge on any atom is 0.277 e. The summed E-state index contributed by atoms with van der Waals surface area (Å²) in [7, 11) is 0. The summed E-state index contributed by atoms with van der Waals surface area (Å²) in [5.41, 5.74) is 5.16. The van der Waals surface area contributed by atoms with E-state index in [1.807, 2.05) is 44.2 Å². The van der Waals surface area contributed by atoms with Crippen molar-refractivity contribution >= 4 is 23.7 Å². The predicted octanol–water partition coefficient (Wildman–Crippen LogP) is 3.49. The van der Waals surface area contributed by atoms with E-state index in [1.54, 1.807) is 18.3 Å². The van der Waals surface area contributed by atoms with E-state index in [1.165, 1.54) is 0 Å². The zero-order valence-corrected chi connectivity index (χ0v) is 13.2. The summed E-state index contributed by atoms with van der Waals surface area (Å²) in [6.45, 7) is 3.69. The minimum atomic E-state index is -0.322. The monoisotopic (exact) mass is 316 g/mol. The Labute approximate surface area is 134 Å². The number of benzene rings is 2. The number of hydrogen-bond acceptors (Lipinski definition) is 3. The molecule has 22 heavy (non-hydrogen) atoms. The number of carbonyl (C=O) groups excluding carboxylic acids is 1. The SMILES string of the molecule is Cc1cc(OCC(=O)NN=Cc2ccccc2)cc(C)c1Cl. The van der Waals surface area contributed by atoms with Gasteiger partial charge in [0.25, 0.3) is 5.91 Å². The summed E-state index contributed by atoms with van der Waals surface area (Å²) in [5, 5.41) is 4.59. The quantitative estimate of drug-likeness (QED) is 0.678. The lowest BCUT2D eigenvalue weighted by Gasteiger charge is -2.09. The third kappa shape index (κ3) is 4.60. The number of nitrogens with zero attached hydrogens (tertiary/aromatic N) is 1. The van der Waals surface area contributed by atoms with Gasteiger partial charge in [-0.1, -0.05) is 41.9 Å². The van der Waals surface area contributed by atoms with Crippen molar-refractivity contribution in [1.82, 2.24) is 5.43 Å². The first-order valence-electron chi connectivity index (χ1n) is 6.83. The highest BCUT2D eigenvalue weighted by Gasteiger charge is 2.06. The highest BCUT2D eigenvalue weighted by Crippen LogP contribution is 2.25. The van der Waals surface area contributed by atoms with Crippen LogP contribution in [-0.2, 0) is 4.79 Å². The number of nitrogens with one attached hydrogen (secondary N) is 1. The number of hydrazone groups is 1. The largest absolute Gasteiger partial charge is 0.484 e. The molecule has 5 heteroatoms. The van der Waals surface area contributed by atoms with Gasteiger partial charge in [-0.2, -0.15) is 5.10 Å². The third-order valence-corrected chi connectivity index (χ3v) is 3.58. The van der Waals surface area contributed by atoms with E-state index in [4.69, 9.17) is 16.3 Å². The molecule has 0 radical (unpaired) electrons. The van der Waals surface area contributed by atoms with E-state index < -0.39 is 0 Å². The molecular weight excluding hydrogens is 300 g/mol. The van der Waals surface area contributed by atoms with Crippen LogP contribution in [0.2, 0.25) is 5.02 Å². The Morgan fingerprint density at radius 2 is 1.86 bits per heavy atom. The minimum absolute atomic E-state index is 0.105. The van der Waals surface area contributed by atoms with Gasteiger partial charge < -0.3 is 4.74 Å². The number of hydrogen-bond donors (Lipinski definition) is 1. The molecule has 2 aromatic rings. The lowest BCUT2D eigenvalue weighted by atomic mass is 10.1. The Morgan fingerprint density at radius 1 is 1.23 bits per heavy atom. The van der Waals surface area contributed by atoms with E-state index in [2.05, 4.69) is 10.5 Å². The molecule has 2 aromatic carbocycles. The molecule has 0 heterocycles. The van der Waals surface area contributed by atoms with Gasteiger partial charge in [-0.25, -0.2) is 5.43 Å². The first-order chi connectivity index (χ1) is 10.6. The van der Waals surface area contributed by atoms with Crippen molar-refractivity contribution in [2.24, 2.45) is 5.10 Å². The van der Waals surface area contributed by atoms with Crippen LogP contribution in [0.4, 0.5) is 0 Å². The van der Waals surface area contributed by atoms with Crippen LogP contribution in [0.15, 0.2) is 47.6 Å². The van der Waals surface area contributed by atoms with Gasteiger partial charge in [-0.3, -0.25) is 4.79 Å². The molecule has 114 valence electrons. The second kappa shape index (κ2) is 7.61. The second-order valence-corrected chi connectivity index (χ2v) is 5.24. The Kier molecular flexibility index (Phi) is 5.55. The molecular formula is C17H17ClN2O2. The molecule has 0 aliphatic carbocycles. The molecule has 0 atom stereocenters. The van der Waals surface area contributed by atoms with E-state index in [0.29, 0.717) is 10.8 Å². The first-order valence-corrected chi connectivity index (χ1v) is 7.20. The molecule has 0 aliphatic heterocycles. The van der Waals surface area contributed by atoms with E-state index in [0.717, 1.165) is 16.7 Å². The van der Waals surface area contributed by atoms with Gasteiger partial charge in [0.05, 0.1) is 6.21 Å². The standard InChI is InChI=1S/C17H17ClN2O2/c1-12-8-15(9-13(2)17(12)18)22-11-16(21)20-19-10-14-6-4-3-5-7-14/h3-10H,11H2,1-2H3,(H,20,21). The summed E-state index contributed by atoms with van der Waals surface area (Å²) in [4.78, 5) is 11.7. The average Bonchev–Trinajstić information content (AvgIpc) is 2.51. The van der Waals surface area contributed by atoms with Gasteiger partial charge in [0.1, 0.15) is 5.75 Å². The summed E-state index contributed by atoms with van der Waals surface area (Å²) in [6, 6.07) is 13.1. The molecule has 2 rings (SSSR count). The molecule has 0 saturated carbocycles. The van der Waals surface area contributed by atoms with E-state index >= 15 is 0 Å². The van der Waals surface area contributed by atoms with Crippen molar-refractivity contribution in [3.63, 3.8) is 0 Å². The number of carbonyl (C=O) groups is 1. The third-order valence-electron chi connectivity index (χ3n) is 2.98. The Morgan fingerprint density at radius 3 is 2.50 bits per heavy atom. The molecule has 4 nitrogen and oxygen atoms in total. The smallest absolute Gasteiger partial charge is 0.277 e. The first kappa shape index (κ1) is 16.0. The summed E-state index contributed by atoms with van der Waals surface area (Å²) in [6.07, 6.45) is 1.58. The van der Waals surface area contributed by atoms with Crippen LogP contribution in [0.5, 0.6) is 5.75 Å². The van der Waals surface area contributed by atoms with Crippen LogP contribution in [0.3, 0.4) is 0 Å². The summed E-state index contributed by atoms with van der Waals surface area (Å²) < 4.78 is 5.44. The molecule has 0 aromatic heterocycles. The van der Waals surface area contributed by atoms with Crippen LogP contribution >= 0.6 is 11.6 Å². The van der Waals surface area contributed by atoms with Crippen molar-refractivity contribution < 1.29 is 9.53 Å². The zero-order chi connectivity index (χ0) is 15.9. The van der Waals surface area contributed by atoms with Crippen LogP contribution in [0.1, 0.15) is 16.7 Å². The van der Waals surface area contributed by atoms with Gasteiger partial charge in [0.2, 0.25) is 0 Å². The fourth-order valence-corrected chi connectivity index (χ4v) is 2.00. The number of ether oxygens (including phenoxy) is 1. The Balaban J connectivity index is 1.84. The van der Waals surface area contributed by atoms with Crippen molar-refractivity contribution in [3.8, 4) is 5.75 Å². The van der Waals surface area contributed by atoms with Crippen molar-refractivity contribution in [2.45, 2.75) is 13.8 Å². The fourth-order valence-electron chi connectivity index (χ4n) is 1.89. The maximum atomic E-state index is 11.7. The molecule has 0 saturated heterocycles. The predicted molar refractivity (Wildman–Crippen MR) is 88.6 cm³/mol. The summed E-state index contributed by atoms with van der Waals surface area (Å²) in [5.74, 6) is 0.291. The minimum Gasteiger partial charge on any atom is -0.484 e. The van der Waals surface area contributed by atoms with Gasteiger partial charge in [0.15, 0.2) is 6.61 Å². The number of aryl methyl sites for hydroxylation is 2. The molecule has 1 amide bonds. The molecule has 0 bridgehead atoms.